The number of amides is 1. The highest BCUT2D eigenvalue weighted by atomic mass is 16.4. The van der Waals surface area contributed by atoms with Crippen molar-refractivity contribution >= 4 is 11.9 Å². The van der Waals surface area contributed by atoms with E-state index in [2.05, 4.69) is 20.8 Å². The maximum Gasteiger partial charge on any atom is 0.335 e. The second kappa shape index (κ2) is 5.88. The fourth-order valence-corrected chi connectivity index (χ4v) is 3.23. The van der Waals surface area contributed by atoms with Crippen molar-refractivity contribution in [2.75, 3.05) is 6.54 Å². The molecule has 1 heterocycles. The number of hydrogen-bond donors (Lipinski definition) is 1. The first-order chi connectivity index (χ1) is 9.79. The Morgan fingerprint density at radius 1 is 1.29 bits per heavy atom. The number of rotatable bonds is 4. The van der Waals surface area contributed by atoms with Crippen LogP contribution in [0.4, 0.5) is 0 Å². The number of likely N-dealkylation sites (tertiary alicyclic amines) is 1. The van der Waals surface area contributed by atoms with Gasteiger partial charge in [-0.25, -0.2) is 4.79 Å². The normalized spacial score (nSPS) is 20.5. The summed E-state index contributed by atoms with van der Waals surface area (Å²) in [6.45, 7) is 7.26. The van der Waals surface area contributed by atoms with E-state index >= 15 is 0 Å². The second-order valence-corrected chi connectivity index (χ2v) is 6.63. The molecule has 0 radical (unpaired) electrons. The summed E-state index contributed by atoms with van der Waals surface area (Å²) in [5.41, 5.74) is 1.22. The van der Waals surface area contributed by atoms with Gasteiger partial charge in [0.15, 0.2) is 0 Å². The van der Waals surface area contributed by atoms with E-state index in [1.54, 1.807) is 24.3 Å². The standard InChI is InChI=1S/C17H23NO3/c1-12-10-17(2,3)18(11-12)15(19)9-6-13-4-7-14(8-5-13)16(20)21/h4-5,7-8,12H,6,9-11H2,1-3H3,(H,20,21). The van der Waals surface area contributed by atoms with Crippen molar-refractivity contribution in [3.05, 3.63) is 35.4 Å². The molecule has 21 heavy (non-hydrogen) atoms. The van der Waals surface area contributed by atoms with Gasteiger partial charge in [0.2, 0.25) is 5.91 Å². The van der Waals surface area contributed by atoms with Crippen LogP contribution in [0, 0.1) is 5.92 Å². The van der Waals surface area contributed by atoms with Gasteiger partial charge in [-0.3, -0.25) is 4.79 Å². The van der Waals surface area contributed by atoms with Gasteiger partial charge in [0.1, 0.15) is 0 Å². The van der Waals surface area contributed by atoms with Crippen LogP contribution in [0.15, 0.2) is 24.3 Å². The minimum atomic E-state index is -0.926. The van der Waals surface area contributed by atoms with Crippen LogP contribution in [0.2, 0.25) is 0 Å². The summed E-state index contributed by atoms with van der Waals surface area (Å²) in [4.78, 5) is 25.2. The number of benzene rings is 1. The van der Waals surface area contributed by atoms with Gasteiger partial charge >= 0.3 is 5.97 Å². The lowest BCUT2D eigenvalue weighted by atomic mass is 9.97. The van der Waals surface area contributed by atoms with E-state index in [0.717, 1.165) is 18.5 Å². The molecule has 1 unspecified atom stereocenters. The predicted octanol–water partition coefficient (Wildman–Crippen LogP) is 2.96. The zero-order valence-electron chi connectivity index (χ0n) is 12.9. The van der Waals surface area contributed by atoms with Gasteiger partial charge in [0.25, 0.3) is 0 Å². The summed E-state index contributed by atoms with van der Waals surface area (Å²) in [5, 5.41) is 8.86. The summed E-state index contributed by atoms with van der Waals surface area (Å²) in [7, 11) is 0. The highest BCUT2D eigenvalue weighted by Gasteiger charge is 2.38. The summed E-state index contributed by atoms with van der Waals surface area (Å²) in [6, 6.07) is 6.75. The Morgan fingerprint density at radius 3 is 2.38 bits per heavy atom. The Balaban J connectivity index is 1.93. The molecule has 4 nitrogen and oxygen atoms in total. The van der Waals surface area contributed by atoms with Gasteiger partial charge in [-0.2, -0.15) is 0 Å². The van der Waals surface area contributed by atoms with Crippen LogP contribution in [0.5, 0.6) is 0 Å². The number of hydrogen-bond acceptors (Lipinski definition) is 2. The molecular weight excluding hydrogens is 266 g/mol. The third-order valence-electron chi connectivity index (χ3n) is 4.20. The fourth-order valence-electron chi connectivity index (χ4n) is 3.23. The van der Waals surface area contributed by atoms with Crippen molar-refractivity contribution < 1.29 is 14.7 Å². The van der Waals surface area contributed by atoms with Gasteiger partial charge in [-0.05, 0) is 50.3 Å². The number of carbonyl (C=O) groups is 2. The van der Waals surface area contributed by atoms with Crippen molar-refractivity contribution in [3.8, 4) is 0 Å². The van der Waals surface area contributed by atoms with Gasteiger partial charge in [0.05, 0.1) is 5.56 Å². The zero-order valence-corrected chi connectivity index (χ0v) is 12.9. The molecule has 1 fully saturated rings. The molecule has 0 aromatic heterocycles. The molecule has 1 aliphatic rings. The maximum absolute atomic E-state index is 12.4. The molecule has 1 aromatic rings. The lowest BCUT2D eigenvalue weighted by Gasteiger charge is -2.31. The number of aryl methyl sites for hydroxylation is 1. The first-order valence-corrected chi connectivity index (χ1v) is 7.42. The third-order valence-corrected chi connectivity index (χ3v) is 4.20. The van der Waals surface area contributed by atoms with Crippen molar-refractivity contribution in [1.29, 1.82) is 0 Å². The van der Waals surface area contributed by atoms with Crippen LogP contribution >= 0.6 is 0 Å². The molecule has 1 aromatic carbocycles. The van der Waals surface area contributed by atoms with Crippen molar-refractivity contribution in [3.63, 3.8) is 0 Å². The van der Waals surface area contributed by atoms with E-state index in [-0.39, 0.29) is 17.0 Å². The van der Waals surface area contributed by atoms with Gasteiger partial charge in [-0.1, -0.05) is 19.1 Å². The number of carboxylic acids is 1. The van der Waals surface area contributed by atoms with Crippen molar-refractivity contribution in [1.82, 2.24) is 4.90 Å². The Bertz CT molecular complexity index is 533. The van der Waals surface area contributed by atoms with Crippen LogP contribution in [0.25, 0.3) is 0 Å². The molecule has 1 aliphatic heterocycles. The summed E-state index contributed by atoms with van der Waals surface area (Å²) in [5.74, 6) is -0.184. The fraction of sp³-hybridized carbons (Fsp3) is 0.529. The summed E-state index contributed by atoms with van der Waals surface area (Å²) >= 11 is 0. The molecule has 0 bridgehead atoms. The third kappa shape index (κ3) is 3.63. The van der Waals surface area contributed by atoms with E-state index < -0.39 is 5.97 Å². The minimum Gasteiger partial charge on any atom is -0.478 e. The Morgan fingerprint density at radius 2 is 1.90 bits per heavy atom. The van der Waals surface area contributed by atoms with E-state index in [4.69, 9.17) is 5.11 Å². The summed E-state index contributed by atoms with van der Waals surface area (Å²) < 4.78 is 0. The number of carbonyl (C=O) groups excluding carboxylic acids is 1. The Kier molecular flexibility index (Phi) is 4.35. The Hall–Kier alpha value is -1.84. The summed E-state index contributed by atoms with van der Waals surface area (Å²) in [6.07, 6.45) is 2.17. The van der Waals surface area contributed by atoms with E-state index in [1.807, 2.05) is 4.90 Å². The minimum absolute atomic E-state index is 0.0519. The van der Waals surface area contributed by atoms with Crippen LogP contribution in [0.1, 0.15) is 49.5 Å². The molecule has 0 saturated carbocycles. The lowest BCUT2D eigenvalue weighted by Crippen LogP contribution is -2.42. The monoisotopic (exact) mass is 289 g/mol. The molecular formula is C17H23NO3. The highest BCUT2D eigenvalue weighted by molar-refractivity contribution is 5.87. The van der Waals surface area contributed by atoms with Crippen molar-refractivity contribution in [2.45, 2.75) is 45.6 Å². The topological polar surface area (TPSA) is 57.6 Å². The van der Waals surface area contributed by atoms with Crippen LogP contribution in [-0.2, 0) is 11.2 Å². The maximum atomic E-state index is 12.4. The zero-order chi connectivity index (χ0) is 15.6. The van der Waals surface area contributed by atoms with Crippen LogP contribution < -0.4 is 0 Å². The molecule has 1 amide bonds. The van der Waals surface area contributed by atoms with Crippen molar-refractivity contribution in [2.24, 2.45) is 5.92 Å². The molecule has 0 spiro atoms. The first-order valence-electron chi connectivity index (χ1n) is 7.42. The smallest absolute Gasteiger partial charge is 0.335 e. The molecule has 0 aliphatic carbocycles. The van der Waals surface area contributed by atoms with Crippen LogP contribution in [0.3, 0.4) is 0 Å². The quantitative estimate of drug-likeness (QED) is 0.927. The molecule has 2 rings (SSSR count). The lowest BCUT2D eigenvalue weighted by molar-refractivity contribution is -0.134. The predicted molar refractivity (Wildman–Crippen MR) is 81.3 cm³/mol. The Labute approximate surface area is 125 Å². The molecule has 1 atom stereocenters. The van der Waals surface area contributed by atoms with E-state index in [1.165, 1.54) is 0 Å². The van der Waals surface area contributed by atoms with Gasteiger partial charge < -0.3 is 10.0 Å². The average molecular weight is 289 g/mol. The number of carboxylic acid groups (broad SMARTS) is 1. The highest BCUT2D eigenvalue weighted by Crippen LogP contribution is 2.32. The molecule has 114 valence electrons. The van der Waals surface area contributed by atoms with E-state index in [0.29, 0.717) is 18.8 Å². The molecule has 4 heteroatoms. The molecule has 1 N–H and O–H groups in total. The SMILES string of the molecule is CC1CN(C(=O)CCc2ccc(C(=O)O)cc2)C(C)(C)C1. The van der Waals surface area contributed by atoms with Crippen LogP contribution in [-0.4, -0.2) is 34.0 Å². The largest absolute Gasteiger partial charge is 0.478 e. The van der Waals surface area contributed by atoms with Gasteiger partial charge in [-0.15, -0.1) is 0 Å². The van der Waals surface area contributed by atoms with Gasteiger partial charge in [0, 0.05) is 18.5 Å². The number of aromatic carboxylic acids is 1. The first kappa shape index (κ1) is 15.5. The second-order valence-electron chi connectivity index (χ2n) is 6.63. The van der Waals surface area contributed by atoms with E-state index in [9.17, 15) is 9.59 Å². The number of nitrogens with zero attached hydrogens (tertiary/aromatic N) is 1. The average Bonchev–Trinajstić information content (AvgIpc) is 2.69. The molecule has 1 saturated heterocycles.